The van der Waals surface area contributed by atoms with Gasteiger partial charge in [-0.3, -0.25) is 9.78 Å². The first-order valence-corrected chi connectivity index (χ1v) is 8.27. The molecule has 1 aromatic heterocycles. The molecule has 0 saturated carbocycles. The minimum absolute atomic E-state index is 0.110. The van der Waals surface area contributed by atoms with Gasteiger partial charge < -0.3 is 5.32 Å². The van der Waals surface area contributed by atoms with Crippen LogP contribution in [0.15, 0.2) is 24.5 Å². The Morgan fingerprint density at radius 2 is 2.11 bits per heavy atom. The van der Waals surface area contributed by atoms with E-state index in [4.69, 9.17) is 0 Å². The van der Waals surface area contributed by atoms with Gasteiger partial charge >= 0.3 is 0 Å². The van der Waals surface area contributed by atoms with Crippen molar-refractivity contribution in [1.29, 1.82) is 0 Å². The average molecular weight is 282 g/mol. The Balaban J connectivity index is 1.66. The lowest BCUT2D eigenvalue weighted by molar-refractivity contribution is 0.0952. The van der Waals surface area contributed by atoms with E-state index in [9.17, 15) is 13.2 Å². The number of amides is 1. The van der Waals surface area contributed by atoms with Crippen LogP contribution in [-0.4, -0.2) is 37.4 Å². The van der Waals surface area contributed by atoms with Gasteiger partial charge in [-0.1, -0.05) is 0 Å². The smallest absolute Gasteiger partial charge is 0.251 e. The molecule has 1 N–H and O–H groups in total. The molecular weight excluding hydrogens is 264 g/mol. The number of sulfone groups is 1. The fraction of sp³-hybridized carbons (Fsp3) is 0.538. The third kappa shape index (κ3) is 4.31. The monoisotopic (exact) mass is 282 g/mol. The molecule has 0 aromatic carbocycles. The van der Waals surface area contributed by atoms with Crippen molar-refractivity contribution in [2.75, 3.05) is 18.1 Å². The summed E-state index contributed by atoms with van der Waals surface area (Å²) in [6.45, 7) is 0.581. The molecule has 1 atom stereocenters. The van der Waals surface area contributed by atoms with Crippen LogP contribution < -0.4 is 5.32 Å². The molecule has 0 bridgehead atoms. The number of pyridine rings is 1. The quantitative estimate of drug-likeness (QED) is 0.818. The maximum atomic E-state index is 11.7. The number of hydrogen-bond donors (Lipinski definition) is 1. The second kappa shape index (κ2) is 6.14. The Bertz CT molecular complexity index is 528. The van der Waals surface area contributed by atoms with Crippen LogP contribution in [0.25, 0.3) is 0 Å². The summed E-state index contributed by atoms with van der Waals surface area (Å²) in [6, 6.07) is 3.33. The highest BCUT2D eigenvalue weighted by Crippen LogP contribution is 2.22. The van der Waals surface area contributed by atoms with Crippen LogP contribution in [0.1, 0.15) is 29.6 Å². The minimum atomic E-state index is -2.79. The first-order valence-electron chi connectivity index (χ1n) is 6.45. The molecule has 6 heteroatoms. The van der Waals surface area contributed by atoms with Gasteiger partial charge in [-0.15, -0.1) is 0 Å². The molecule has 104 valence electrons. The van der Waals surface area contributed by atoms with Gasteiger partial charge in [0.25, 0.3) is 5.91 Å². The van der Waals surface area contributed by atoms with Crippen molar-refractivity contribution in [3.63, 3.8) is 0 Å². The average Bonchev–Trinajstić information content (AvgIpc) is 2.75. The highest BCUT2D eigenvalue weighted by Gasteiger charge is 2.27. The Kier molecular flexibility index (Phi) is 4.52. The molecule has 0 spiro atoms. The summed E-state index contributed by atoms with van der Waals surface area (Å²) in [4.78, 5) is 15.6. The standard InChI is InChI=1S/C13H18N2O3S/c16-13(12-3-7-14-8-4-12)15-6-1-2-11-5-9-19(17,18)10-11/h3-4,7-8,11H,1-2,5-6,9-10H2,(H,15,16). The number of carbonyl (C=O) groups excluding carboxylic acids is 1. The normalized spacial score (nSPS) is 21.2. The van der Waals surface area contributed by atoms with Crippen molar-refractivity contribution in [2.24, 2.45) is 5.92 Å². The summed E-state index contributed by atoms with van der Waals surface area (Å²) in [5, 5.41) is 2.83. The Labute approximate surface area is 113 Å². The van der Waals surface area contributed by atoms with E-state index in [1.165, 1.54) is 0 Å². The van der Waals surface area contributed by atoms with E-state index in [-0.39, 0.29) is 11.8 Å². The van der Waals surface area contributed by atoms with Crippen LogP contribution in [0.3, 0.4) is 0 Å². The zero-order valence-electron chi connectivity index (χ0n) is 10.7. The summed E-state index contributed by atoms with van der Waals surface area (Å²) in [5.41, 5.74) is 0.596. The number of nitrogens with one attached hydrogen (secondary N) is 1. The largest absolute Gasteiger partial charge is 0.352 e. The third-order valence-corrected chi connectivity index (χ3v) is 5.18. The number of rotatable bonds is 5. The fourth-order valence-electron chi connectivity index (χ4n) is 2.30. The van der Waals surface area contributed by atoms with Crippen molar-refractivity contribution in [2.45, 2.75) is 19.3 Å². The molecule has 5 nitrogen and oxygen atoms in total. The van der Waals surface area contributed by atoms with Gasteiger partial charge in [0.1, 0.15) is 0 Å². The van der Waals surface area contributed by atoms with E-state index in [0.717, 1.165) is 19.3 Å². The molecular formula is C13H18N2O3S. The van der Waals surface area contributed by atoms with Gasteiger partial charge in [0.05, 0.1) is 11.5 Å². The van der Waals surface area contributed by atoms with Crippen LogP contribution in [0.2, 0.25) is 0 Å². The van der Waals surface area contributed by atoms with Gasteiger partial charge in [-0.2, -0.15) is 0 Å². The molecule has 19 heavy (non-hydrogen) atoms. The van der Waals surface area contributed by atoms with E-state index in [1.54, 1.807) is 24.5 Å². The molecule has 2 rings (SSSR count). The van der Waals surface area contributed by atoms with Crippen molar-refractivity contribution in [3.05, 3.63) is 30.1 Å². The van der Waals surface area contributed by atoms with E-state index in [2.05, 4.69) is 10.3 Å². The summed E-state index contributed by atoms with van der Waals surface area (Å²) >= 11 is 0. The van der Waals surface area contributed by atoms with Gasteiger partial charge in [-0.05, 0) is 37.3 Å². The molecule has 1 amide bonds. The second-order valence-electron chi connectivity index (χ2n) is 4.90. The Morgan fingerprint density at radius 1 is 1.37 bits per heavy atom. The maximum Gasteiger partial charge on any atom is 0.251 e. The van der Waals surface area contributed by atoms with Crippen LogP contribution in [0.5, 0.6) is 0 Å². The van der Waals surface area contributed by atoms with Crippen molar-refractivity contribution in [3.8, 4) is 0 Å². The molecule has 0 aliphatic carbocycles. The van der Waals surface area contributed by atoms with E-state index in [1.807, 2.05) is 0 Å². The SMILES string of the molecule is O=C(NCCCC1CCS(=O)(=O)C1)c1ccncc1. The van der Waals surface area contributed by atoms with Crippen molar-refractivity contribution < 1.29 is 13.2 Å². The molecule has 1 aromatic rings. The predicted octanol–water partition coefficient (Wildman–Crippen LogP) is 1.03. The van der Waals surface area contributed by atoms with E-state index < -0.39 is 9.84 Å². The topological polar surface area (TPSA) is 76.1 Å². The van der Waals surface area contributed by atoms with Gasteiger partial charge in [0.2, 0.25) is 0 Å². The molecule has 1 unspecified atom stereocenters. The highest BCUT2D eigenvalue weighted by atomic mass is 32.2. The summed E-state index contributed by atoms with van der Waals surface area (Å²) in [7, 11) is -2.79. The predicted molar refractivity (Wildman–Crippen MR) is 72.6 cm³/mol. The third-order valence-electron chi connectivity index (χ3n) is 3.34. The lowest BCUT2D eigenvalue weighted by atomic mass is 10.0. The molecule has 1 aliphatic rings. The molecule has 1 fully saturated rings. The fourth-order valence-corrected chi connectivity index (χ4v) is 4.21. The Morgan fingerprint density at radius 3 is 2.74 bits per heavy atom. The highest BCUT2D eigenvalue weighted by molar-refractivity contribution is 7.91. The van der Waals surface area contributed by atoms with E-state index >= 15 is 0 Å². The van der Waals surface area contributed by atoms with Crippen LogP contribution in [0, 0.1) is 5.92 Å². The van der Waals surface area contributed by atoms with Gasteiger partial charge in [0, 0.05) is 24.5 Å². The second-order valence-corrected chi connectivity index (χ2v) is 7.13. The number of carbonyl (C=O) groups is 1. The summed E-state index contributed by atoms with van der Waals surface area (Å²) in [5.74, 6) is 0.788. The summed E-state index contributed by atoms with van der Waals surface area (Å²) in [6.07, 6.45) is 5.60. The van der Waals surface area contributed by atoms with Gasteiger partial charge in [0.15, 0.2) is 9.84 Å². The van der Waals surface area contributed by atoms with Crippen molar-refractivity contribution >= 4 is 15.7 Å². The molecule has 1 saturated heterocycles. The lowest BCUT2D eigenvalue weighted by Crippen LogP contribution is -2.24. The number of nitrogens with zero attached hydrogens (tertiary/aromatic N) is 1. The zero-order valence-corrected chi connectivity index (χ0v) is 11.5. The van der Waals surface area contributed by atoms with Gasteiger partial charge in [-0.25, -0.2) is 8.42 Å². The Hall–Kier alpha value is -1.43. The molecule has 1 aliphatic heterocycles. The first-order chi connectivity index (χ1) is 9.07. The molecule has 2 heterocycles. The van der Waals surface area contributed by atoms with Crippen LogP contribution >= 0.6 is 0 Å². The van der Waals surface area contributed by atoms with Crippen LogP contribution in [-0.2, 0) is 9.84 Å². The lowest BCUT2D eigenvalue weighted by Gasteiger charge is -2.08. The van der Waals surface area contributed by atoms with Crippen molar-refractivity contribution in [1.82, 2.24) is 10.3 Å². The summed E-state index contributed by atoms with van der Waals surface area (Å²) < 4.78 is 22.6. The minimum Gasteiger partial charge on any atom is -0.352 e. The number of hydrogen-bond acceptors (Lipinski definition) is 4. The zero-order chi connectivity index (χ0) is 13.7. The first kappa shape index (κ1) is 14.0. The van der Waals surface area contributed by atoms with E-state index in [0.29, 0.717) is 23.6 Å². The maximum absolute atomic E-state index is 11.7. The van der Waals surface area contributed by atoms with Crippen LogP contribution in [0.4, 0.5) is 0 Å². The number of aromatic nitrogens is 1. The molecule has 0 radical (unpaired) electrons.